The smallest absolute Gasteiger partial charge is 0.431 e. The fraction of sp³-hybridized carbons (Fsp3) is 0.250. The molecule has 0 radical (unpaired) electrons. The first kappa shape index (κ1) is 21.5. The van der Waals surface area contributed by atoms with Crippen LogP contribution in [0.3, 0.4) is 0 Å². The SMILES string of the molecule is COCc1c(OC(=O)OC(C)C)ncc2[nH]c3cccc(Oc4ncc([N+](=O)[O-])s4)c3c12. The van der Waals surface area contributed by atoms with E-state index >= 15 is 0 Å². The van der Waals surface area contributed by atoms with Crippen molar-refractivity contribution in [3.05, 3.63) is 46.3 Å². The van der Waals surface area contributed by atoms with Gasteiger partial charge in [-0.3, -0.25) is 10.1 Å². The molecule has 0 amide bonds. The largest absolute Gasteiger partial charge is 0.515 e. The van der Waals surface area contributed by atoms with Crippen molar-refractivity contribution in [3.8, 4) is 16.8 Å². The Morgan fingerprint density at radius 3 is 2.72 bits per heavy atom. The number of nitrogens with one attached hydrogen (secondary N) is 1. The molecule has 3 aromatic heterocycles. The fourth-order valence-electron chi connectivity index (χ4n) is 3.18. The second kappa shape index (κ2) is 8.77. The number of aromatic amines is 1. The fourth-order valence-corrected chi connectivity index (χ4v) is 3.77. The number of nitro groups is 1. The van der Waals surface area contributed by atoms with Gasteiger partial charge in [-0.05, 0) is 37.3 Å². The number of thiazole rings is 1. The summed E-state index contributed by atoms with van der Waals surface area (Å²) >= 11 is 0.819. The van der Waals surface area contributed by atoms with Crippen LogP contribution < -0.4 is 9.47 Å². The molecule has 1 N–H and O–H groups in total. The highest BCUT2D eigenvalue weighted by Gasteiger charge is 2.22. The maximum absolute atomic E-state index is 12.1. The number of ether oxygens (including phenoxy) is 4. The van der Waals surface area contributed by atoms with Gasteiger partial charge in [0.15, 0.2) is 0 Å². The van der Waals surface area contributed by atoms with E-state index in [2.05, 4.69) is 15.0 Å². The zero-order valence-electron chi connectivity index (χ0n) is 17.3. The maximum Gasteiger partial charge on any atom is 0.515 e. The minimum absolute atomic E-state index is 0.0468. The van der Waals surface area contributed by atoms with Crippen molar-refractivity contribution in [2.24, 2.45) is 0 Å². The summed E-state index contributed by atoms with van der Waals surface area (Å²) in [7, 11) is 1.51. The average molecular weight is 458 g/mol. The quantitative estimate of drug-likeness (QED) is 0.232. The number of carbonyl (C=O) groups is 1. The molecule has 0 aliphatic rings. The Bertz CT molecular complexity index is 1310. The average Bonchev–Trinajstić information content (AvgIpc) is 3.34. The molecule has 0 aliphatic heterocycles. The van der Waals surface area contributed by atoms with Gasteiger partial charge in [0.25, 0.3) is 5.19 Å². The number of hydrogen-bond acceptors (Lipinski definition) is 10. The van der Waals surface area contributed by atoms with Gasteiger partial charge in [0.1, 0.15) is 11.9 Å². The molecule has 0 unspecified atom stereocenters. The van der Waals surface area contributed by atoms with Gasteiger partial charge >= 0.3 is 11.2 Å². The number of aromatic nitrogens is 3. The first-order chi connectivity index (χ1) is 15.4. The van der Waals surface area contributed by atoms with Gasteiger partial charge in [-0.1, -0.05) is 6.07 Å². The van der Waals surface area contributed by atoms with E-state index in [0.717, 1.165) is 23.1 Å². The van der Waals surface area contributed by atoms with Crippen molar-refractivity contribution in [3.63, 3.8) is 0 Å². The van der Waals surface area contributed by atoms with Crippen molar-refractivity contribution < 1.29 is 28.7 Å². The highest BCUT2D eigenvalue weighted by atomic mass is 32.1. The first-order valence-corrected chi connectivity index (χ1v) is 10.3. The van der Waals surface area contributed by atoms with Crippen LogP contribution in [-0.4, -0.2) is 39.2 Å². The zero-order chi connectivity index (χ0) is 22.8. The van der Waals surface area contributed by atoms with E-state index in [1.165, 1.54) is 13.3 Å². The lowest BCUT2D eigenvalue weighted by atomic mass is 10.1. The molecule has 0 bridgehead atoms. The predicted molar refractivity (Wildman–Crippen MR) is 115 cm³/mol. The van der Waals surface area contributed by atoms with Crippen LogP contribution >= 0.6 is 11.3 Å². The highest BCUT2D eigenvalue weighted by molar-refractivity contribution is 7.16. The summed E-state index contributed by atoms with van der Waals surface area (Å²) in [5.41, 5.74) is 1.90. The minimum Gasteiger partial charge on any atom is -0.431 e. The van der Waals surface area contributed by atoms with E-state index in [9.17, 15) is 14.9 Å². The molecule has 0 spiro atoms. The van der Waals surface area contributed by atoms with Crippen molar-refractivity contribution in [1.29, 1.82) is 0 Å². The standard InChI is InChI=1S/C20H18N4O7S/c1-10(2)29-20(25)31-18-11(9-28-3)16-13(7-21-18)23-12-5-4-6-14(17(12)16)30-19-22-8-15(32-19)24(26)27/h4-8,10,23H,9H2,1-3H3. The van der Waals surface area contributed by atoms with Gasteiger partial charge in [-0.15, -0.1) is 0 Å². The molecule has 0 saturated heterocycles. The summed E-state index contributed by atoms with van der Waals surface area (Å²) in [6.45, 7) is 3.51. The van der Waals surface area contributed by atoms with Crippen LogP contribution in [0.25, 0.3) is 21.8 Å². The number of H-pyrrole nitrogens is 1. The van der Waals surface area contributed by atoms with Crippen LogP contribution in [-0.2, 0) is 16.1 Å². The second-order valence-electron chi connectivity index (χ2n) is 6.91. The van der Waals surface area contributed by atoms with Crippen molar-refractivity contribution in [2.45, 2.75) is 26.6 Å². The van der Waals surface area contributed by atoms with Crippen LogP contribution in [0, 0.1) is 10.1 Å². The molecular weight excluding hydrogens is 440 g/mol. The molecule has 4 aromatic rings. The Hall–Kier alpha value is -3.77. The Kier molecular flexibility index (Phi) is 5.88. The molecule has 1 aromatic carbocycles. The highest BCUT2D eigenvalue weighted by Crippen LogP contribution is 2.40. The van der Waals surface area contributed by atoms with Crippen LogP contribution in [0.5, 0.6) is 16.8 Å². The molecular formula is C20H18N4O7S. The number of nitrogens with zero attached hydrogens (tertiary/aromatic N) is 3. The summed E-state index contributed by atoms with van der Waals surface area (Å²) < 4.78 is 21.6. The van der Waals surface area contributed by atoms with Crippen LogP contribution in [0.1, 0.15) is 19.4 Å². The van der Waals surface area contributed by atoms with Crippen LogP contribution in [0.2, 0.25) is 0 Å². The molecule has 0 saturated carbocycles. The number of rotatable bonds is 7. The molecule has 4 rings (SSSR count). The third-order valence-corrected chi connectivity index (χ3v) is 5.16. The third-order valence-electron chi connectivity index (χ3n) is 4.34. The molecule has 32 heavy (non-hydrogen) atoms. The Balaban J connectivity index is 1.84. The van der Waals surface area contributed by atoms with E-state index < -0.39 is 11.1 Å². The Morgan fingerprint density at radius 2 is 2.03 bits per heavy atom. The molecule has 11 nitrogen and oxygen atoms in total. The first-order valence-electron chi connectivity index (χ1n) is 9.45. The van der Waals surface area contributed by atoms with Gasteiger partial charge in [-0.25, -0.2) is 14.8 Å². The number of pyridine rings is 1. The predicted octanol–water partition coefficient (Wildman–Crippen LogP) is 4.94. The maximum atomic E-state index is 12.1. The molecule has 3 heterocycles. The van der Waals surface area contributed by atoms with Gasteiger partial charge in [-0.2, -0.15) is 0 Å². The lowest BCUT2D eigenvalue weighted by Gasteiger charge is -2.12. The number of benzene rings is 1. The summed E-state index contributed by atoms with van der Waals surface area (Å²) in [6, 6.07) is 5.33. The van der Waals surface area contributed by atoms with Crippen LogP contribution in [0.15, 0.2) is 30.6 Å². The summed E-state index contributed by atoms with van der Waals surface area (Å²) in [4.78, 5) is 34.0. The summed E-state index contributed by atoms with van der Waals surface area (Å²) in [5, 5.41) is 12.3. The summed E-state index contributed by atoms with van der Waals surface area (Å²) in [6.07, 6.45) is 1.44. The monoisotopic (exact) mass is 458 g/mol. The van der Waals surface area contributed by atoms with E-state index in [0.29, 0.717) is 27.6 Å². The molecule has 166 valence electrons. The molecule has 0 fully saturated rings. The second-order valence-corrected chi connectivity index (χ2v) is 7.88. The normalized spacial score (nSPS) is 11.2. The number of carbonyl (C=O) groups excluding carboxylic acids is 1. The topological polar surface area (TPSA) is 139 Å². The van der Waals surface area contributed by atoms with E-state index in [1.54, 1.807) is 26.0 Å². The lowest BCUT2D eigenvalue weighted by Crippen LogP contribution is -2.17. The lowest BCUT2D eigenvalue weighted by molar-refractivity contribution is -0.380. The number of hydrogen-bond donors (Lipinski definition) is 1. The van der Waals surface area contributed by atoms with Crippen molar-refractivity contribution >= 4 is 44.3 Å². The Labute approximate surface area is 185 Å². The number of fused-ring (bicyclic) bond motifs is 3. The van der Waals surface area contributed by atoms with Gasteiger partial charge < -0.3 is 23.9 Å². The molecule has 12 heteroatoms. The van der Waals surface area contributed by atoms with Crippen molar-refractivity contribution in [1.82, 2.24) is 15.0 Å². The molecule has 0 atom stereocenters. The minimum atomic E-state index is -0.879. The van der Waals surface area contributed by atoms with Crippen molar-refractivity contribution in [2.75, 3.05) is 7.11 Å². The summed E-state index contributed by atoms with van der Waals surface area (Å²) in [5.74, 6) is 0.461. The van der Waals surface area contributed by atoms with Gasteiger partial charge in [0, 0.05) is 12.5 Å². The zero-order valence-corrected chi connectivity index (χ0v) is 18.1. The molecule has 0 aliphatic carbocycles. The van der Waals surface area contributed by atoms with Crippen LogP contribution in [0.4, 0.5) is 9.80 Å². The number of methoxy groups -OCH3 is 1. The van der Waals surface area contributed by atoms with E-state index in [4.69, 9.17) is 18.9 Å². The Morgan fingerprint density at radius 1 is 1.22 bits per heavy atom. The van der Waals surface area contributed by atoms with Gasteiger partial charge in [0.05, 0.1) is 45.8 Å². The van der Waals surface area contributed by atoms with E-state index in [-0.39, 0.29) is 28.8 Å². The van der Waals surface area contributed by atoms with Gasteiger partial charge in [0.2, 0.25) is 5.88 Å². The third kappa shape index (κ3) is 4.18. The van der Waals surface area contributed by atoms with E-state index in [1.807, 2.05) is 6.07 Å².